The van der Waals surface area contributed by atoms with E-state index in [4.69, 9.17) is 14.1 Å². The van der Waals surface area contributed by atoms with Crippen LogP contribution in [0.2, 0.25) is 25.7 Å². The highest BCUT2D eigenvalue weighted by molar-refractivity contribution is 6.71. The summed E-state index contributed by atoms with van der Waals surface area (Å²) in [6.07, 6.45) is 2.89. The van der Waals surface area contributed by atoms with E-state index in [0.29, 0.717) is 0 Å². The zero-order valence-corrected chi connectivity index (χ0v) is 13.3. The van der Waals surface area contributed by atoms with E-state index in [1.54, 1.807) is 0 Å². The average Bonchev–Trinajstić information content (AvgIpc) is 2.16. The van der Waals surface area contributed by atoms with Gasteiger partial charge in [-0.05, 0) is 38.9 Å². The Kier molecular flexibility index (Phi) is 4.74. The van der Waals surface area contributed by atoms with Crippen LogP contribution in [-0.4, -0.2) is 23.9 Å². The predicted octanol–water partition coefficient (Wildman–Crippen LogP) is 2.40. The monoisotopic (exact) mass is 257 g/mol. The predicted molar refractivity (Wildman–Crippen MR) is 70.2 cm³/mol. The standard InChI is InChI=1S/C11H23NO2Si2/c1-10(9-12)8-11(13-15-2)6-5-7-16(3,4)14-11/h10H,5-8,15H2,1-4H3. The summed E-state index contributed by atoms with van der Waals surface area (Å²) in [5, 5.41) is 8.94. The van der Waals surface area contributed by atoms with Crippen molar-refractivity contribution >= 4 is 18.1 Å². The number of nitrogens with zero attached hydrogens (tertiary/aromatic N) is 1. The second kappa shape index (κ2) is 5.45. The maximum absolute atomic E-state index is 8.94. The van der Waals surface area contributed by atoms with Crippen molar-refractivity contribution in [1.82, 2.24) is 0 Å². The summed E-state index contributed by atoms with van der Waals surface area (Å²) in [4.78, 5) is 0. The molecule has 92 valence electrons. The fourth-order valence-corrected chi connectivity index (χ4v) is 5.82. The van der Waals surface area contributed by atoms with Gasteiger partial charge in [-0.25, -0.2) is 0 Å². The van der Waals surface area contributed by atoms with E-state index in [2.05, 4.69) is 25.7 Å². The minimum Gasteiger partial charge on any atom is -0.398 e. The van der Waals surface area contributed by atoms with Crippen LogP contribution in [0.5, 0.6) is 0 Å². The van der Waals surface area contributed by atoms with Gasteiger partial charge in [-0.2, -0.15) is 5.26 Å². The van der Waals surface area contributed by atoms with E-state index in [1.807, 2.05) is 6.92 Å². The first-order valence-electron chi connectivity index (χ1n) is 6.17. The van der Waals surface area contributed by atoms with Gasteiger partial charge >= 0.3 is 0 Å². The third-order valence-corrected chi connectivity index (χ3v) is 6.34. The van der Waals surface area contributed by atoms with Crippen LogP contribution in [0.15, 0.2) is 0 Å². The quantitative estimate of drug-likeness (QED) is 0.726. The molecule has 0 N–H and O–H groups in total. The highest BCUT2D eigenvalue weighted by Crippen LogP contribution is 2.38. The summed E-state index contributed by atoms with van der Waals surface area (Å²) >= 11 is 0. The molecule has 1 rings (SSSR count). The molecule has 0 aliphatic carbocycles. The fraction of sp³-hybridized carbons (Fsp3) is 0.909. The number of hydrogen-bond donors (Lipinski definition) is 0. The molecule has 3 nitrogen and oxygen atoms in total. The highest BCUT2D eigenvalue weighted by atomic mass is 28.4. The van der Waals surface area contributed by atoms with E-state index < -0.39 is 23.9 Å². The average molecular weight is 257 g/mol. The van der Waals surface area contributed by atoms with Crippen LogP contribution in [-0.2, 0) is 8.85 Å². The minimum absolute atomic E-state index is 0.0171. The van der Waals surface area contributed by atoms with Crippen molar-refractivity contribution in [3.8, 4) is 6.07 Å². The molecule has 2 atom stereocenters. The van der Waals surface area contributed by atoms with Gasteiger partial charge in [0.1, 0.15) is 5.79 Å². The summed E-state index contributed by atoms with van der Waals surface area (Å²) in [6, 6.07) is 3.51. The molecule has 5 heteroatoms. The van der Waals surface area contributed by atoms with Crippen LogP contribution in [0, 0.1) is 17.2 Å². The van der Waals surface area contributed by atoms with Crippen molar-refractivity contribution in [1.29, 1.82) is 5.26 Å². The normalized spacial score (nSPS) is 31.4. The summed E-state index contributed by atoms with van der Waals surface area (Å²) in [5.74, 6) is -0.396. The Morgan fingerprint density at radius 3 is 2.81 bits per heavy atom. The Balaban J connectivity index is 2.75. The lowest BCUT2D eigenvalue weighted by Crippen LogP contribution is -2.51. The molecule has 1 heterocycles. The highest BCUT2D eigenvalue weighted by Gasteiger charge is 2.43. The fourth-order valence-electron chi connectivity index (χ4n) is 2.47. The Labute approximate surface area is 102 Å². The molecule has 1 aliphatic rings. The van der Waals surface area contributed by atoms with Gasteiger partial charge in [0.25, 0.3) is 0 Å². The molecule has 0 amide bonds. The third-order valence-electron chi connectivity index (χ3n) is 3.04. The first kappa shape index (κ1) is 13.9. The molecule has 1 saturated heterocycles. The molecule has 16 heavy (non-hydrogen) atoms. The molecule has 0 aromatic heterocycles. The van der Waals surface area contributed by atoms with Crippen molar-refractivity contribution in [2.24, 2.45) is 5.92 Å². The van der Waals surface area contributed by atoms with Crippen molar-refractivity contribution in [3.63, 3.8) is 0 Å². The molecule has 0 spiro atoms. The number of hydrogen-bond acceptors (Lipinski definition) is 3. The van der Waals surface area contributed by atoms with E-state index >= 15 is 0 Å². The lowest BCUT2D eigenvalue weighted by atomic mass is 9.99. The van der Waals surface area contributed by atoms with Crippen LogP contribution < -0.4 is 0 Å². The number of rotatable bonds is 4. The second-order valence-corrected chi connectivity index (χ2v) is 10.4. The minimum atomic E-state index is -1.55. The molecule has 1 fully saturated rings. The van der Waals surface area contributed by atoms with E-state index in [0.717, 1.165) is 12.8 Å². The third kappa shape index (κ3) is 3.70. The smallest absolute Gasteiger partial charge is 0.190 e. The molecule has 0 saturated carbocycles. The molecule has 0 bridgehead atoms. The van der Waals surface area contributed by atoms with Gasteiger partial charge in [-0.1, -0.05) is 6.55 Å². The van der Waals surface area contributed by atoms with Gasteiger partial charge in [-0.15, -0.1) is 0 Å². The maximum atomic E-state index is 8.94. The summed E-state index contributed by atoms with van der Waals surface area (Å²) in [5.41, 5.74) is 0. The molecule has 0 aromatic rings. The summed E-state index contributed by atoms with van der Waals surface area (Å²) in [6.45, 7) is 8.58. The van der Waals surface area contributed by atoms with Crippen LogP contribution in [0.1, 0.15) is 26.2 Å². The largest absolute Gasteiger partial charge is 0.398 e. The van der Waals surface area contributed by atoms with Gasteiger partial charge < -0.3 is 8.85 Å². The van der Waals surface area contributed by atoms with Crippen molar-refractivity contribution in [2.75, 3.05) is 0 Å². The maximum Gasteiger partial charge on any atom is 0.190 e. The molecular weight excluding hydrogens is 234 g/mol. The van der Waals surface area contributed by atoms with Gasteiger partial charge in [-0.3, -0.25) is 0 Å². The molecular formula is C11H23NO2Si2. The van der Waals surface area contributed by atoms with Gasteiger partial charge in [0, 0.05) is 12.3 Å². The SMILES string of the molecule is C[SiH2]OC1(CC(C)C#N)CCC[Si](C)(C)O1. The van der Waals surface area contributed by atoms with Crippen molar-refractivity contribution in [3.05, 3.63) is 0 Å². The van der Waals surface area contributed by atoms with E-state index in [9.17, 15) is 0 Å². The second-order valence-electron chi connectivity index (χ2n) is 5.29. The van der Waals surface area contributed by atoms with Crippen LogP contribution >= 0.6 is 0 Å². The first-order valence-corrected chi connectivity index (χ1v) is 11.3. The van der Waals surface area contributed by atoms with Crippen LogP contribution in [0.3, 0.4) is 0 Å². The zero-order chi connectivity index (χ0) is 12.2. The lowest BCUT2D eigenvalue weighted by Gasteiger charge is -2.45. The first-order chi connectivity index (χ1) is 7.43. The molecule has 1 aliphatic heterocycles. The zero-order valence-electron chi connectivity index (χ0n) is 10.9. The van der Waals surface area contributed by atoms with Crippen LogP contribution in [0.4, 0.5) is 0 Å². The topological polar surface area (TPSA) is 42.2 Å². The van der Waals surface area contributed by atoms with Gasteiger partial charge in [0.15, 0.2) is 18.1 Å². The van der Waals surface area contributed by atoms with Gasteiger partial charge in [0.2, 0.25) is 0 Å². The van der Waals surface area contributed by atoms with Crippen LogP contribution in [0.25, 0.3) is 0 Å². The summed E-state index contributed by atoms with van der Waals surface area (Å²) in [7, 11) is -2.05. The van der Waals surface area contributed by atoms with E-state index in [1.165, 1.54) is 12.5 Å². The molecule has 2 unspecified atom stereocenters. The van der Waals surface area contributed by atoms with E-state index in [-0.39, 0.29) is 5.92 Å². The van der Waals surface area contributed by atoms with Crippen molar-refractivity contribution in [2.45, 2.75) is 57.7 Å². The molecule has 0 aromatic carbocycles. The lowest BCUT2D eigenvalue weighted by molar-refractivity contribution is -0.145. The molecule has 0 radical (unpaired) electrons. The Bertz CT molecular complexity index is 274. The van der Waals surface area contributed by atoms with Crippen molar-refractivity contribution < 1.29 is 8.85 Å². The summed E-state index contributed by atoms with van der Waals surface area (Å²) < 4.78 is 12.3. The number of nitriles is 1. The Morgan fingerprint density at radius 2 is 2.31 bits per heavy atom. The Hall–Kier alpha value is -0.156. The Morgan fingerprint density at radius 1 is 1.62 bits per heavy atom. The van der Waals surface area contributed by atoms with Gasteiger partial charge in [0.05, 0.1) is 6.07 Å².